The molecule has 0 radical (unpaired) electrons. The van der Waals surface area contributed by atoms with E-state index in [0.717, 1.165) is 56.7 Å². The maximum atomic E-state index is 13.6. The average molecular weight is 444 g/mol. The Hall–Kier alpha value is -2.44. The number of rotatable bonds is 6. The Labute approximate surface area is 187 Å². The van der Waals surface area contributed by atoms with Crippen molar-refractivity contribution in [1.29, 1.82) is 0 Å². The molecule has 0 saturated carbocycles. The summed E-state index contributed by atoms with van der Waals surface area (Å²) in [7, 11) is 0. The van der Waals surface area contributed by atoms with Crippen molar-refractivity contribution in [2.45, 2.75) is 38.5 Å². The van der Waals surface area contributed by atoms with Gasteiger partial charge < -0.3 is 14.5 Å². The molecule has 0 aliphatic carbocycles. The number of hydrogen-bond acceptors (Lipinski definition) is 4. The number of fused-ring (bicyclic) bond motifs is 1. The van der Waals surface area contributed by atoms with Gasteiger partial charge in [-0.3, -0.25) is 4.79 Å². The molecule has 1 aromatic carbocycles. The molecular weight excluding hydrogens is 417 g/mol. The molecule has 2 aliphatic rings. The number of carbonyl (C=O) groups excluding carboxylic acids is 1. The van der Waals surface area contributed by atoms with Gasteiger partial charge in [0.15, 0.2) is 0 Å². The van der Waals surface area contributed by atoms with E-state index in [9.17, 15) is 9.18 Å². The van der Waals surface area contributed by atoms with E-state index in [4.69, 9.17) is 16.3 Å². The highest BCUT2D eigenvalue weighted by Gasteiger charge is 2.25. The van der Waals surface area contributed by atoms with Crippen LogP contribution in [0.4, 0.5) is 4.39 Å². The topological polar surface area (TPSA) is 45.7 Å². The van der Waals surface area contributed by atoms with Crippen LogP contribution in [0.15, 0.2) is 48.4 Å². The van der Waals surface area contributed by atoms with Crippen molar-refractivity contribution in [2.24, 2.45) is 0 Å². The molecule has 164 valence electrons. The summed E-state index contributed by atoms with van der Waals surface area (Å²) in [4.78, 5) is 21.5. The summed E-state index contributed by atoms with van der Waals surface area (Å²) >= 11 is 6.03. The molecule has 0 unspecified atom stereocenters. The summed E-state index contributed by atoms with van der Waals surface area (Å²) < 4.78 is 19.2. The summed E-state index contributed by atoms with van der Waals surface area (Å²) in [6.45, 7) is 5.52. The monoisotopic (exact) mass is 443 g/mol. The van der Waals surface area contributed by atoms with Crippen LogP contribution in [0.3, 0.4) is 0 Å². The number of nitrogens with zero attached hydrogens (tertiary/aromatic N) is 3. The Morgan fingerprint density at radius 2 is 1.94 bits per heavy atom. The van der Waals surface area contributed by atoms with Crippen LogP contribution in [-0.2, 0) is 0 Å². The van der Waals surface area contributed by atoms with Crippen molar-refractivity contribution in [1.82, 2.24) is 14.8 Å². The second-order valence-electron chi connectivity index (χ2n) is 8.18. The second-order valence-corrected chi connectivity index (χ2v) is 8.57. The fourth-order valence-corrected chi connectivity index (χ4v) is 4.45. The summed E-state index contributed by atoms with van der Waals surface area (Å²) in [6.07, 6.45) is 5.60. The lowest BCUT2D eigenvalue weighted by Gasteiger charge is -2.32. The van der Waals surface area contributed by atoms with Crippen molar-refractivity contribution in [3.63, 3.8) is 0 Å². The molecule has 0 N–H and O–H groups in total. The van der Waals surface area contributed by atoms with Gasteiger partial charge in [-0.2, -0.15) is 0 Å². The molecule has 2 aliphatic heterocycles. The molecule has 5 nitrogen and oxygen atoms in total. The van der Waals surface area contributed by atoms with E-state index < -0.39 is 5.82 Å². The van der Waals surface area contributed by atoms with E-state index in [2.05, 4.69) is 16.0 Å². The molecule has 1 aromatic heterocycles. The van der Waals surface area contributed by atoms with Gasteiger partial charge in [0.05, 0.1) is 11.3 Å². The van der Waals surface area contributed by atoms with Crippen molar-refractivity contribution in [3.05, 3.63) is 70.6 Å². The number of likely N-dealkylation sites (tertiary alicyclic amines) is 1. The van der Waals surface area contributed by atoms with Crippen molar-refractivity contribution < 1.29 is 13.9 Å². The molecule has 0 spiro atoms. The minimum Gasteiger partial charge on any atom is -0.462 e. The number of ether oxygens (including phenoxy) is 1. The smallest absolute Gasteiger partial charge is 0.262 e. The fourth-order valence-electron chi connectivity index (χ4n) is 4.28. The zero-order valence-electron chi connectivity index (χ0n) is 17.7. The Balaban J connectivity index is 1.25. The molecule has 4 rings (SSSR count). The molecule has 0 bridgehead atoms. The molecule has 1 fully saturated rings. The predicted molar refractivity (Wildman–Crippen MR) is 119 cm³/mol. The van der Waals surface area contributed by atoms with Gasteiger partial charge in [-0.05, 0) is 82.6 Å². The number of benzene rings is 1. The van der Waals surface area contributed by atoms with Crippen molar-refractivity contribution in [3.8, 4) is 5.75 Å². The van der Waals surface area contributed by atoms with E-state index >= 15 is 0 Å². The average Bonchev–Trinajstić information content (AvgIpc) is 2.88. The molecule has 0 atom stereocenters. The van der Waals surface area contributed by atoms with Gasteiger partial charge >= 0.3 is 0 Å². The normalized spacial score (nSPS) is 17.7. The van der Waals surface area contributed by atoms with Crippen LogP contribution < -0.4 is 4.74 Å². The summed E-state index contributed by atoms with van der Waals surface area (Å²) in [6, 6.07) is 9.89. The zero-order chi connectivity index (χ0) is 21.8. The molecule has 31 heavy (non-hydrogen) atoms. The van der Waals surface area contributed by atoms with Gasteiger partial charge in [-0.1, -0.05) is 17.7 Å². The quantitative estimate of drug-likeness (QED) is 0.453. The third-order valence-corrected chi connectivity index (χ3v) is 6.26. The number of pyridine rings is 1. The Morgan fingerprint density at radius 3 is 2.71 bits per heavy atom. The first-order valence-electron chi connectivity index (χ1n) is 10.8. The first kappa shape index (κ1) is 21.8. The fraction of sp³-hybridized carbons (Fsp3) is 0.417. The molecule has 1 saturated heterocycles. The summed E-state index contributed by atoms with van der Waals surface area (Å²) in [5.41, 5.74) is 2.09. The minimum absolute atomic E-state index is 0.212. The van der Waals surface area contributed by atoms with Gasteiger partial charge in [-0.15, -0.1) is 0 Å². The molecule has 1 amide bonds. The second kappa shape index (κ2) is 9.79. The maximum absolute atomic E-state index is 13.6. The van der Waals surface area contributed by atoms with E-state index in [1.165, 1.54) is 18.2 Å². The van der Waals surface area contributed by atoms with Crippen LogP contribution in [-0.4, -0.2) is 46.9 Å². The third-order valence-electron chi connectivity index (χ3n) is 6.05. The van der Waals surface area contributed by atoms with E-state index in [1.807, 2.05) is 19.1 Å². The van der Waals surface area contributed by atoms with E-state index in [-0.39, 0.29) is 11.5 Å². The highest BCUT2D eigenvalue weighted by Crippen LogP contribution is 2.28. The number of piperidine rings is 1. The molecule has 2 aromatic rings. The highest BCUT2D eigenvalue weighted by molar-refractivity contribution is 6.29. The molecule has 7 heteroatoms. The van der Waals surface area contributed by atoms with Gasteiger partial charge in [0.25, 0.3) is 5.91 Å². The van der Waals surface area contributed by atoms with Gasteiger partial charge in [0, 0.05) is 18.2 Å². The molecule has 3 heterocycles. The van der Waals surface area contributed by atoms with Crippen LogP contribution in [0.25, 0.3) is 0 Å². The first-order valence-corrected chi connectivity index (χ1v) is 11.2. The van der Waals surface area contributed by atoms with Crippen LogP contribution in [0.1, 0.15) is 54.6 Å². The lowest BCUT2D eigenvalue weighted by atomic mass is 9.93. The zero-order valence-corrected chi connectivity index (χ0v) is 18.4. The predicted octanol–water partition coefficient (Wildman–Crippen LogP) is 5.23. The minimum atomic E-state index is -0.438. The van der Waals surface area contributed by atoms with Gasteiger partial charge in [-0.25, -0.2) is 9.37 Å². The van der Waals surface area contributed by atoms with E-state index in [1.54, 1.807) is 11.2 Å². The largest absolute Gasteiger partial charge is 0.462 e. The maximum Gasteiger partial charge on any atom is 0.262 e. The third kappa shape index (κ3) is 5.25. The van der Waals surface area contributed by atoms with Gasteiger partial charge in [0.2, 0.25) is 0 Å². The van der Waals surface area contributed by atoms with E-state index in [0.29, 0.717) is 23.4 Å². The first-order chi connectivity index (χ1) is 15.0. The number of aromatic nitrogens is 1. The summed E-state index contributed by atoms with van der Waals surface area (Å²) in [5, 5.41) is 0.558. The number of allylic oxidation sites excluding steroid dienone is 1. The highest BCUT2D eigenvalue weighted by atomic mass is 35.5. The number of carbonyl (C=O) groups is 1. The number of unbranched alkanes of at least 4 members (excludes halogenated alkanes) is 1. The standard InChI is InChI=1S/C24H27ClFN3O2/c1-17-16-31-22-8-7-19(26)15-20(22)24(30)29(17)12-3-2-11-28-13-9-18(10-14-28)21-5-4-6-23(25)27-21/h4-8,15-16,18H,2-3,9-14H2,1H3. The van der Waals surface area contributed by atoms with Crippen LogP contribution in [0.2, 0.25) is 5.15 Å². The van der Waals surface area contributed by atoms with Crippen LogP contribution in [0.5, 0.6) is 5.75 Å². The van der Waals surface area contributed by atoms with Gasteiger partial charge in [0.1, 0.15) is 23.0 Å². The summed E-state index contributed by atoms with van der Waals surface area (Å²) in [5.74, 6) is 0.213. The Bertz CT molecular complexity index is 973. The Kier molecular flexibility index (Phi) is 6.88. The lowest BCUT2D eigenvalue weighted by molar-refractivity contribution is 0.0803. The number of halogens is 2. The number of hydrogen-bond donors (Lipinski definition) is 0. The van der Waals surface area contributed by atoms with Crippen molar-refractivity contribution in [2.75, 3.05) is 26.2 Å². The Morgan fingerprint density at radius 1 is 1.16 bits per heavy atom. The van der Waals surface area contributed by atoms with Crippen LogP contribution in [0, 0.1) is 5.82 Å². The van der Waals surface area contributed by atoms with Crippen molar-refractivity contribution >= 4 is 17.5 Å². The van der Waals surface area contributed by atoms with Crippen LogP contribution >= 0.6 is 11.6 Å². The number of amides is 1. The molecular formula is C24H27ClFN3O2. The lowest BCUT2D eigenvalue weighted by Crippen LogP contribution is -2.34. The SMILES string of the molecule is CC1=COc2ccc(F)cc2C(=O)N1CCCCN1CCC(c2cccc(Cl)n2)CC1.